The fourth-order valence-corrected chi connectivity index (χ4v) is 2.88. The van der Waals surface area contributed by atoms with Crippen molar-refractivity contribution < 1.29 is 9.57 Å². The third-order valence-electron chi connectivity index (χ3n) is 4.31. The van der Waals surface area contributed by atoms with Gasteiger partial charge >= 0.3 is 0 Å². The average Bonchev–Trinajstić information content (AvgIpc) is 2.66. The standard InChI is InChI=1S/C21H27N5O2.BrH/c1-15(14-28-26-20(23)24-19(22)25-21(26,2)3)13-27-18-11-9-17(10-12-18)16-7-5-4-6-8-16;/h4-12,15H,13-14H2,1-3H3,(H4,22,23,24,25);1H/t15-;/m0./s1. The van der Waals surface area contributed by atoms with Crippen LogP contribution in [0.2, 0.25) is 0 Å². The molecule has 1 aliphatic rings. The molecule has 1 atom stereocenters. The molecule has 8 heteroatoms. The quantitative estimate of drug-likeness (QED) is 0.656. The zero-order valence-corrected chi connectivity index (χ0v) is 18.6. The highest BCUT2D eigenvalue weighted by atomic mass is 79.9. The Morgan fingerprint density at radius 1 is 0.966 bits per heavy atom. The molecule has 3 rings (SSSR count). The molecule has 4 N–H and O–H groups in total. The lowest BCUT2D eigenvalue weighted by Gasteiger charge is -2.37. The zero-order chi connectivity index (χ0) is 20.1. The Morgan fingerprint density at radius 2 is 1.59 bits per heavy atom. The molecule has 0 spiro atoms. The Hall–Kier alpha value is -2.58. The predicted molar refractivity (Wildman–Crippen MR) is 122 cm³/mol. The smallest absolute Gasteiger partial charge is 0.226 e. The van der Waals surface area contributed by atoms with Gasteiger partial charge < -0.3 is 16.2 Å². The van der Waals surface area contributed by atoms with Crippen LogP contribution >= 0.6 is 17.0 Å². The molecule has 0 fully saturated rings. The predicted octanol–water partition coefficient (Wildman–Crippen LogP) is 3.56. The topological polar surface area (TPSA) is 98.5 Å². The number of hydroxylamine groups is 2. The number of ether oxygens (including phenoxy) is 1. The van der Waals surface area contributed by atoms with Crippen molar-refractivity contribution in [3.63, 3.8) is 0 Å². The SMILES string of the molecule is Br.C[C@@H](COc1ccc(-c2ccccc2)cc1)CON1C(N)=NC(N)=NC1(C)C. The van der Waals surface area contributed by atoms with Gasteiger partial charge in [-0.15, -0.1) is 17.0 Å². The van der Waals surface area contributed by atoms with E-state index in [1.165, 1.54) is 10.6 Å². The van der Waals surface area contributed by atoms with Crippen LogP contribution in [0.15, 0.2) is 64.6 Å². The van der Waals surface area contributed by atoms with Crippen LogP contribution in [0, 0.1) is 5.92 Å². The molecule has 7 nitrogen and oxygen atoms in total. The van der Waals surface area contributed by atoms with Crippen molar-refractivity contribution in [3.05, 3.63) is 54.6 Å². The Kier molecular flexibility index (Phi) is 7.64. The molecule has 2 aromatic carbocycles. The third kappa shape index (κ3) is 5.95. The van der Waals surface area contributed by atoms with E-state index < -0.39 is 5.66 Å². The van der Waals surface area contributed by atoms with Gasteiger partial charge in [0.25, 0.3) is 0 Å². The largest absolute Gasteiger partial charge is 0.493 e. The highest BCUT2D eigenvalue weighted by molar-refractivity contribution is 8.93. The van der Waals surface area contributed by atoms with Gasteiger partial charge in [-0.2, -0.15) is 10.1 Å². The maximum atomic E-state index is 5.92. The molecular formula is C21H28BrN5O2. The molecule has 2 aromatic rings. The Bertz CT molecular complexity index is 853. The van der Waals surface area contributed by atoms with Gasteiger partial charge in [0.1, 0.15) is 5.75 Å². The summed E-state index contributed by atoms with van der Waals surface area (Å²) >= 11 is 0. The molecule has 1 heterocycles. The lowest BCUT2D eigenvalue weighted by molar-refractivity contribution is -0.167. The van der Waals surface area contributed by atoms with Crippen molar-refractivity contribution >= 4 is 28.9 Å². The average molecular weight is 462 g/mol. The number of rotatable bonds is 7. The van der Waals surface area contributed by atoms with E-state index in [1.54, 1.807) is 0 Å². The number of benzene rings is 2. The molecule has 156 valence electrons. The third-order valence-corrected chi connectivity index (χ3v) is 4.31. The van der Waals surface area contributed by atoms with Gasteiger partial charge in [0.15, 0.2) is 5.66 Å². The second-order valence-electron chi connectivity index (χ2n) is 7.33. The van der Waals surface area contributed by atoms with Gasteiger partial charge in [0, 0.05) is 5.92 Å². The first kappa shape index (κ1) is 22.7. The summed E-state index contributed by atoms with van der Waals surface area (Å²) in [4.78, 5) is 14.0. The van der Waals surface area contributed by atoms with E-state index in [-0.39, 0.29) is 34.8 Å². The fourth-order valence-electron chi connectivity index (χ4n) is 2.88. The van der Waals surface area contributed by atoms with Crippen molar-refractivity contribution in [3.8, 4) is 16.9 Å². The molecule has 29 heavy (non-hydrogen) atoms. The van der Waals surface area contributed by atoms with E-state index in [2.05, 4.69) is 34.3 Å². The van der Waals surface area contributed by atoms with Crippen LogP contribution in [0.25, 0.3) is 11.1 Å². The van der Waals surface area contributed by atoms with Gasteiger partial charge in [-0.25, -0.2) is 4.99 Å². The summed E-state index contributed by atoms with van der Waals surface area (Å²) in [5.41, 5.74) is 13.2. The highest BCUT2D eigenvalue weighted by Gasteiger charge is 2.33. The first-order valence-corrected chi connectivity index (χ1v) is 9.26. The Morgan fingerprint density at radius 3 is 2.21 bits per heavy atom. The monoisotopic (exact) mass is 461 g/mol. The van der Waals surface area contributed by atoms with Crippen LogP contribution < -0.4 is 16.2 Å². The van der Waals surface area contributed by atoms with Crippen LogP contribution in [-0.2, 0) is 4.84 Å². The molecule has 0 unspecified atom stereocenters. The van der Waals surface area contributed by atoms with Crippen molar-refractivity contribution in [2.75, 3.05) is 13.2 Å². The Balaban J connectivity index is 0.00000300. The van der Waals surface area contributed by atoms with E-state index in [4.69, 9.17) is 21.0 Å². The van der Waals surface area contributed by atoms with Gasteiger partial charge in [-0.05, 0) is 37.1 Å². The minimum Gasteiger partial charge on any atom is -0.493 e. The van der Waals surface area contributed by atoms with Gasteiger partial charge in [-0.3, -0.25) is 4.84 Å². The number of guanidine groups is 2. The second kappa shape index (κ2) is 9.76. The summed E-state index contributed by atoms with van der Waals surface area (Å²) in [6, 6.07) is 18.3. The molecule has 0 amide bonds. The first-order chi connectivity index (χ1) is 13.3. The van der Waals surface area contributed by atoms with Gasteiger partial charge in [0.05, 0.1) is 13.2 Å². The van der Waals surface area contributed by atoms with E-state index in [0.29, 0.717) is 13.2 Å². The fraction of sp³-hybridized carbons (Fsp3) is 0.333. The molecule has 1 aliphatic heterocycles. The van der Waals surface area contributed by atoms with Crippen molar-refractivity contribution in [2.45, 2.75) is 26.4 Å². The molecule has 0 saturated carbocycles. The van der Waals surface area contributed by atoms with Crippen LogP contribution in [0.4, 0.5) is 0 Å². The number of hydrogen-bond donors (Lipinski definition) is 2. The molecule has 0 radical (unpaired) electrons. The lowest BCUT2D eigenvalue weighted by Crippen LogP contribution is -2.54. The number of halogens is 1. The van der Waals surface area contributed by atoms with Crippen molar-refractivity contribution in [1.82, 2.24) is 5.06 Å². The first-order valence-electron chi connectivity index (χ1n) is 9.26. The lowest BCUT2D eigenvalue weighted by atomic mass is 10.1. The van der Waals surface area contributed by atoms with E-state index in [1.807, 2.05) is 51.1 Å². The number of nitrogens with zero attached hydrogens (tertiary/aromatic N) is 3. The molecule has 0 saturated heterocycles. The molecular weight excluding hydrogens is 434 g/mol. The van der Waals surface area contributed by atoms with Crippen molar-refractivity contribution in [2.24, 2.45) is 27.4 Å². The van der Waals surface area contributed by atoms with Crippen LogP contribution in [0.1, 0.15) is 20.8 Å². The summed E-state index contributed by atoms with van der Waals surface area (Å²) < 4.78 is 5.89. The highest BCUT2D eigenvalue weighted by Crippen LogP contribution is 2.23. The molecule has 0 aliphatic carbocycles. The van der Waals surface area contributed by atoms with E-state index in [0.717, 1.165) is 11.3 Å². The van der Waals surface area contributed by atoms with Gasteiger partial charge in [-0.1, -0.05) is 49.4 Å². The number of aliphatic imine (C=N–C) groups is 2. The minimum atomic E-state index is -0.705. The summed E-state index contributed by atoms with van der Waals surface area (Å²) in [7, 11) is 0. The second-order valence-corrected chi connectivity index (χ2v) is 7.33. The van der Waals surface area contributed by atoms with Crippen molar-refractivity contribution in [1.29, 1.82) is 0 Å². The van der Waals surface area contributed by atoms with Crippen LogP contribution in [0.5, 0.6) is 5.75 Å². The maximum absolute atomic E-state index is 5.92. The Labute approximate surface area is 182 Å². The minimum absolute atomic E-state index is 0. The van der Waals surface area contributed by atoms with E-state index in [9.17, 15) is 0 Å². The number of nitrogens with two attached hydrogens (primary N) is 2. The normalized spacial score (nSPS) is 16.3. The molecule has 0 bridgehead atoms. The summed E-state index contributed by atoms with van der Waals surface area (Å²) in [5.74, 6) is 1.31. The van der Waals surface area contributed by atoms with Gasteiger partial charge in [0.2, 0.25) is 11.9 Å². The molecule has 0 aromatic heterocycles. The van der Waals surface area contributed by atoms with E-state index >= 15 is 0 Å². The zero-order valence-electron chi connectivity index (χ0n) is 16.9. The summed E-state index contributed by atoms with van der Waals surface area (Å²) in [6.07, 6.45) is 0. The van der Waals surface area contributed by atoms with Crippen LogP contribution in [-0.4, -0.2) is 35.9 Å². The number of hydrogen-bond acceptors (Lipinski definition) is 7. The maximum Gasteiger partial charge on any atom is 0.226 e. The summed E-state index contributed by atoms with van der Waals surface area (Å²) in [5, 5.41) is 1.48. The summed E-state index contributed by atoms with van der Waals surface area (Å²) in [6.45, 7) is 6.69. The van der Waals surface area contributed by atoms with Crippen LogP contribution in [0.3, 0.4) is 0 Å².